The number of hydrogen-bond acceptors (Lipinski definition) is 3. The Morgan fingerprint density at radius 1 is 1.17 bits per heavy atom. The topological polar surface area (TPSA) is 60.9 Å². The number of hydrogen-bond donors (Lipinski definition) is 1. The molecule has 0 aliphatic carbocycles. The van der Waals surface area contributed by atoms with Crippen LogP contribution in [0, 0.1) is 0 Å². The Morgan fingerprint density at radius 3 is 2.11 bits per heavy atom. The van der Waals surface area contributed by atoms with E-state index < -0.39 is 23.0 Å². The Balaban J connectivity index is 2.97. The number of benzene rings is 1. The lowest BCUT2D eigenvalue weighted by Gasteiger charge is -2.22. The number of anilines is 1. The first-order valence-corrected chi connectivity index (χ1v) is 4.68. The quantitative estimate of drug-likeness (QED) is 0.387. The van der Waals surface area contributed by atoms with E-state index in [1.54, 1.807) is 6.07 Å². The summed E-state index contributed by atoms with van der Waals surface area (Å²) in [5.41, 5.74) is 0.0957. The molecule has 0 radical (unpaired) electrons. The second-order valence-electron chi connectivity index (χ2n) is 3.34. The zero-order chi connectivity index (χ0) is 13.9. The van der Waals surface area contributed by atoms with Gasteiger partial charge in [-0.25, -0.2) is 0 Å². The van der Waals surface area contributed by atoms with Crippen LogP contribution in [-0.4, -0.2) is 35.3 Å². The first kappa shape index (κ1) is 14.0. The molecule has 98 valence electrons. The smallest absolute Gasteiger partial charge is 0.310 e. The van der Waals surface area contributed by atoms with E-state index in [1.165, 1.54) is 24.3 Å². The van der Waals surface area contributed by atoms with Gasteiger partial charge in [0.2, 0.25) is 0 Å². The molecule has 5 nitrogen and oxygen atoms in total. The van der Waals surface area contributed by atoms with Gasteiger partial charge >= 0.3 is 17.7 Å². The standard InChI is InChI=1S/C10H9F3N2O3/c1-14(7-5-3-2-4-6-7)8(16)10(11,12)9(17)15(13)18/h2-6,18H,1H3. The van der Waals surface area contributed by atoms with Gasteiger partial charge < -0.3 is 4.90 Å². The summed E-state index contributed by atoms with van der Waals surface area (Å²) in [6.45, 7) is 0. The van der Waals surface area contributed by atoms with Crippen LogP contribution in [0.5, 0.6) is 0 Å². The van der Waals surface area contributed by atoms with Gasteiger partial charge in [0, 0.05) is 12.7 Å². The molecule has 0 saturated carbocycles. The van der Waals surface area contributed by atoms with Gasteiger partial charge in [-0.15, -0.1) is 0 Å². The highest BCUT2D eigenvalue weighted by atomic mass is 19.3. The van der Waals surface area contributed by atoms with Gasteiger partial charge in [-0.2, -0.15) is 8.78 Å². The number of carbonyl (C=O) groups is 2. The molecule has 0 aliphatic heterocycles. The van der Waals surface area contributed by atoms with Crippen LogP contribution >= 0.6 is 0 Å². The zero-order valence-corrected chi connectivity index (χ0v) is 9.18. The Labute approximate surface area is 99.9 Å². The summed E-state index contributed by atoms with van der Waals surface area (Å²) in [7, 11) is 0.999. The number of para-hydroxylation sites is 1. The third-order valence-corrected chi connectivity index (χ3v) is 2.15. The van der Waals surface area contributed by atoms with Crippen molar-refractivity contribution in [3.05, 3.63) is 30.3 Å². The molecular weight excluding hydrogens is 253 g/mol. The van der Waals surface area contributed by atoms with E-state index >= 15 is 0 Å². The van der Waals surface area contributed by atoms with Crippen LogP contribution in [0.1, 0.15) is 0 Å². The summed E-state index contributed by atoms with van der Waals surface area (Å²) < 4.78 is 38.4. The normalized spacial score (nSPS) is 10.9. The van der Waals surface area contributed by atoms with E-state index in [0.717, 1.165) is 7.05 Å². The van der Waals surface area contributed by atoms with Crippen LogP contribution in [-0.2, 0) is 9.59 Å². The molecule has 18 heavy (non-hydrogen) atoms. The highest BCUT2D eigenvalue weighted by Gasteiger charge is 2.52. The van der Waals surface area contributed by atoms with E-state index in [2.05, 4.69) is 0 Å². The van der Waals surface area contributed by atoms with Gasteiger partial charge in [0.05, 0.1) is 0 Å². The molecule has 0 bridgehead atoms. The van der Waals surface area contributed by atoms with Gasteiger partial charge in [-0.3, -0.25) is 14.8 Å². The highest BCUT2D eigenvalue weighted by Crippen LogP contribution is 2.23. The molecule has 0 atom stereocenters. The average Bonchev–Trinajstić information content (AvgIpc) is 2.36. The number of hydroxylamine groups is 1. The van der Waals surface area contributed by atoms with Crippen molar-refractivity contribution in [2.24, 2.45) is 0 Å². The predicted molar refractivity (Wildman–Crippen MR) is 54.5 cm³/mol. The zero-order valence-electron chi connectivity index (χ0n) is 9.18. The van der Waals surface area contributed by atoms with Crippen LogP contribution in [0.15, 0.2) is 30.3 Å². The van der Waals surface area contributed by atoms with Gasteiger partial charge in [0.25, 0.3) is 0 Å². The molecule has 0 heterocycles. The van der Waals surface area contributed by atoms with E-state index in [-0.39, 0.29) is 5.69 Å². The Morgan fingerprint density at radius 2 is 1.67 bits per heavy atom. The Kier molecular flexibility index (Phi) is 3.92. The Hall–Kier alpha value is -2.09. The summed E-state index contributed by atoms with van der Waals surface area (Å²) in [5, 5.41) is 6.22. The Bertz CT molecular complexity index is 451. The SMILES string of the molecule is CN(C(=O)C(F)(F)C(=O)N(O)F)c1ccccc1. The monoisotopic (exact) mass is 262 g/mol. The van der Waals surface area contributed by atoms with E-state index in [0.29, 0.717) is 4.90 Å². The fraction of sp³-hybridized carbons (Fsp3) is 0.200. The van der Waals surface area contributed by atoms with E-state index in [1.807, 2.05) is 0 Å². The summed E-state index contributed by atoms with van der Waals surface area (Å²) in [5.74, 6) is -9.28. The van der Waals surface area contributed by atoms with Gasteiger partial charge in [0.1, 0.15) is 0 Å². The number of amides is 2. The predicted octanol–water partition coefficient (Wildman–Crippen LogP) is 1.39. The summed E-state index contributed by atoms with van der Waals surface area (Å²) in [6.07, 6.45) is 0. The minimum Gasteiger partial charge on any atom is -0.310 e. The van der Waals surface area contributed by atoms with Gasteiger partial charge in [-0.1, -0.05) is 22.7 Å². The van der Waals surface area contributed by atoms with Crippen LogP contribution in [0.3, 0.4) is 0 Å². The van der Waals surface area contributed by atoms with Gasteiger partial charge in [-0.05, 0) is 17.4 Å². The van der Waals surface area contributed by atoms with Gasteiger partial charge in [0.15, 0.2) is 0 Å². The number of carbonyl (C=O) groups excluding carboxylic acids is 2. The molecule has 1 aromatic rings. The van der Waals surface area contributed by atoms with Crippen LogP contribution in [0.4, 0.5) is 18.9 Å². The summed E-state index contributed by atoms with van der Waals surface area (Å²) in [4.78, 5) is 22.5. The van der Waals surface area contributed by atoms with Crippen LogP contribution in [0.25, 0.3) is 0 Å². The molecule has 1 aromatic carbocycles. The lowest BCUT2D eigenvalue weighted by Crippen LogP contribution is -2.50. The lowest BCUT2D eigenvalue weighted by molar-refractivity contribution is -0.249. The van der Waals surface area contributed by atoms with E-state index in [4.69, 9.17) is 5.21 Å². The lowest BCUT2D eigenvalue weighted by atomic mass is 10.2. The fourth-order valence-electron chi connectivity index (χ4n) is 1.19. The summed E-state index contributed by atoms with van der Waals surface area (Å²) in [6, 6.07) is 7.29. The molecule has 1 rings (SSSR count). The van der Waals surface area contributed by atoms with Crippen molar-refractivity contribution in [2.75, 3.05) is 11.9 Å². The minimum atomic E-state index is -4.69. The minimum absolute atomic E-state index is 0.0957. The third-order valence-electron chi connectivity index (χ3n) is 2.15. The molecule has 0 spiro atoms. The van der Waals surface area contributed by atoms with Crippen molar-refractivity contribution in [1.82, 2.24) is 5.29 Å². The maximum absolute atomic E-state index is 13.2. The second kappa shape index (κ2) is 5.05. The maximum atomic E-state index is 13.2. The molecule has 8 heteroatoms. The highest BCUT2D eigenvalue weighted by molar-refractivity contribution is 6.12. The van der Waals surface area contributed by atoms with Crippen LogP contribution < -0.4 is 4.90 Å². The molecule has 0 aromatic heterocycles. The molecule has 0 unspecified atom stereocenters. The van der Waals surface area contributed by atoms with Crippen molar-refractivity contribution in [2.45, 2.75) is 5.92 Å². The molecular formula is C10H9F3N2O3. The summed E-state index contributed by atoms with van der Waals surface area (Å²) >= 11 is 0. The van der Waals surface area contributed by atoms with Crippen molar-refractivity contribution >= 4 is 17.5 Å². The maximum Gasteiger partial charge on any atom is 0.406 e. The number of nitrogens with zero attached hydrogens (tertiary/aromatic N) is 2. The average molecular weight is 262 g/mol. The largest absolute Gasteiger partial charge is 0.406 e. The van der Waals surface area contributed by atoms with E-state index in [9.17, 15) is 22.9 Å². The van der Waals surface area contributed by atoms with Crippen molar-refractivity contribution in [3.63, 3.8) is 0 Å². The molecule has 1 N–H and O–H groups in total. The second-order valence-corrected chi connectivity index (χ2v) is 3.34. The number of alkyl halides is 2. The van der Waals surface area contributed by atoms with Crippen molar-refractivity contribution < 1.29 is 28.1 Å². The third kappa shape index (κ3) is 2.59. The number of halogens is 3. The van der Waals surface area contributed by atoms with Crippen molar-refractivity contribution in [1.29, 1.82) is 0 Å². The first-order chi connectivity index (χ1) is 8.28. The molecule has 2 amide bonds. The van der Waals surface area contributed by atoms with Crippen LogP contribution in [0.2, 0.25) is 0 Å². The number of rotatable bonds is 3. The first-order valence-electron chi connectivity index (χ1n) is 4.68. The molecule has 0 aliphatic rings. The van der Waals surface area contributed by atoms with Crippen molar-refractivity contribution in [3.8, 4) is 0 Å². The molecule has 0 fully saturated rings. The molecule has 0 saturated heterocycles. The fourth-order valence-corrected chi connectivity index (χ4v) is 1.19.